The summed E-state index contributed by atoms with van der Waals surface area (Å²) in [5.41, 5.74) is 2.49. The molecule has 0 fully saturated rings. The Morgan fingerprint density at radius 1 is 1.05 bits per heavy atom. The molecule has 0 spiro atoms. The Morgan fingerprint density at radius 2 is 1.86 bits per heavy atom. The highest BCUT2D eigenvalue weighted by Gasteiger charge is 2.32. The third kappa shape index (κ3) is 6.58. The first-order valence-electron chi connectivity index (χ1n) is 13.4. The van der Waals surface area contributed by atoms with E-state index in [-0.39, 0.29) is 30.1 Å². The van der Waals surface area contributed by atoms with E-state index < -0.39 is 11.2 Å². The Hall–Kier alpha value is -4.35. The van der Waals surface area contributed by atoms with E-state index in [4.69, 9.17) is 9.15 Å². The summed E-state index contributed by atoms with van der Waals surface area (Å²) in [6.45, 7) is 4.33. The van der Waals surface area contributed by atoms with Gasteiger partial charge in [0.1, 0.15) is 10.3 Å². The molecule has 42 heavy (non-hydrogen) atoms. The van der Waals surface area contributed by atoms with Crippen LogP contribution >= 0.6 is 23.1 Å². The Balaban J connectivity index is 1.42. The number of furan rings is 1. The molecule has 0 bridgehead atoms. The largest absolute Gasteiger partial charge is 0.462 e. The number of rotatable bonds is 9. The number of ether oxygens (including phenoxy) is 1. The first kappa shape index (κ1) is 29.2. The molecule has 1 aliphatic rings. The van der Waals surface area contributed by atoms with Gasteiger partial charge in [-0.1, -0.05) is 36.4 Å². The summed E-state index contributed by atoms with van der Waals surface area (Å²) in [5.74, 6) is -1.04. The van der Waals surface area contributed by atoms with Gasteiger partial charge in [-0.25, -0.2) is 4.79 Å². The van der Waals surface area contributed by atoms with Crippen molar-refractivity contribution in [1.82, 2.24) is 4.90 Å². The van der Waals surface area contributed by atoms with E-state index in [0.29, 0.717) is 35.8 Å². The van der Waals surface area contributed by atoms with Crippen molar-refractivity contribution >= 4 is 57.5 Å². The average molecular weight is 604 g/mol. The molecule has 5 rings (SSSR count). The fraction of sp³-hybridized carbons (Fsp3) is 0.226. The highest BCUT2D eigenvalue weighted by molar-refractivity contribution is 8.00. The van der Waals surface area contributed by atoms with Gasteiger partial charge in [0, 0.05) is 28.9 Å². The minimum Gasteiger partial charge on any atom is -0.462 e. The molecule has 3 heterocycles. The molecule has 0 radical (unpaired) electrons. The zero-order valence-corrected chi connectivity index (χ0v) is 24.7. The number of esters is 1. The van der Waals surface area contributed by atoms with Crippen LogP contribution in [-0.4, -0.2) is 41.7 Å². The lowest BCUT2D eigenvalue weighted by atomic mass is 10.0. The zero-order chi connectivity index (χ0) is 29.6. The summed E-state index contributed by atoms with van der Waals surface area (Å²) in [7, 11) is 0. The summed E-state index contributed by atoms with van der Waals surface area (Å²) in [6, 6.07) is 19.8. The molecule has 216 valence electrons. The van der Waals surface area contributed by atoms with E-state index in [1.165, 1.54) is 36.3 Å². The zero-order valence-electron chi connectivity index (χ0n) is 23.0. The molecule has 9 nitrogen and oxygen atoms in total. The maximum absolute atomic E-state index is 13.9. The van der Waals surface area contributed by atoms with Gasteiger partial charge < -0.3 is 24.7 Å². The Morgan fingerprint density at radius 3 is 2.57 bits per heavy atom. The predicted molar refractivity (Wildman–Crippen MR) is 162 cm³/mol. The van der Waals surface area contributed by atoms with Crippen LogP contribution in [0.5, 0.6) is 0 Å². The monoisotopic (exact) mass is 603 g/mol. The lowest BCUT2D eigenvalue weighted by Gasteiger charge is -2.25. The van der Waals surface area contributed by atoms with Crippen LogP contribution in [0.1, 0.15) is 56.0 Å². The van der Waals surface area contributed by atoms with Gasteiger partial charge in [-0.05, 0) is 54.8 Å². The summed E-state index contributed by atoms with van der Waals surface area (Å²) in [4.78, 5) is 54.8. The summed E-state index contributed by atoms with van der Waals surface area (Å²) in [5, 5.41) is 5.56. The molecule has 1 unspecified atom stereocenters. The molecule has 2 N–H and O–H groups in total. The third-order valence-corrected chi connectivity index (χ3v) is 9.03. The molecule has 0 saturated heterocycles. The number of benzene rings is 2. The van der Waals surface area contributed by atoms with Crippen LogP contribution in [0, 0.1) is 0 Å². The number of hydrogen-bond donors (Lipinski definition) is 2. The number of amides is 3. The molecule has 11 heteroatoms. The Labute approximate surface area is 251 Å². The fourth-order valence-corrected chi connectivity index (χ4v) is 6.98. The fourth-order valence-electron chi connectivity index (χ4n) is 4.64. The number of thiophene rings is 1. The highest BCUT2D eigenvalue weighted by Crippen LogP contribution is 2.41. The van der Waals surface area contributed by atoms with Crippen LogP contribution in [0.4, 0.5) is 10.7 Å². The van der Waals surface area contributed by atoms with E-state index in [1.807, 2.05) is 36.4 Å². The molecule has 4 aromatic rings. The number of nitrogens with zero attached hydrogens (tertiary/aromatic N) is 1. The normalized spacial score (nSPS) is 13.1. The number of fused-ring (bicyclic) bond motifs is 1. The van der Waals surface area contributed by atoms with Crippen molar-refractivity contribution in [3.63, 3.8) is 0 Å². The highest BCUT2D eigenvalue weighted by atomic mass is 32.2. The van der Waals surface area contributed by atoms with Gasteiger partial charge >= 0.3 is 5.97 Å². The van der Waals surface area contributed by atoms with Crippen LogP contribution in [0.3, 0.4) is 0 Å². The average Bonchev–Trinajstić information content (AvgIpc) is 3.65. The molecule has 1 atom stereocenters. The minimum atomic E-state index is -0.676. The Kier molecular flexibility index (Phi) is 9.09. The summed E-state index contributed by atoms with van der Waals surface area (Å²) >= 11 is 2.62. The van der Waals surface area contributed by atoms with Crippen LogP contribution in [0.15, 0.2) is 82.3 Å². The van der Waals surface area contributed by atoms with E-state index >= 15 is 0 Å². The van der Waals surface area contributed by atoms with Gasteiger partial charge in [0.2, 0.25) is 11.8 Å². The predicted octanol–water partition coefficient (Wildman–Crippen LogP) is 6.15. The van der Waals surface area contributed by atoms with Gasteiger partial charge in [-0.3, -0.25) is 14.4 Å². The molecule has 0 saturated carbocycles. The topological polar surface area (TPSA) is 118 Å². The Bertz CT molecular complexity index is 1600. The number of carbonyl (C=O) groups is 4. The van der Waals surface area contributed by atoms with Crippen molar-refractivity contribution in [2.45, 2.75) is 37.0 Å². The lowest BCUT2D eigenvalue weighted by Crippen LogP contribution is -2.34. The maximum atomic E-state index is 13.9. The molecule has 2 aromatic heterocycles. The van der Waals surface area contributed by atoms with E-state index in [9.17, 15) is 19.2 Å². The van der Waals surface area contributed by atoms with Gasteiger partial charge in [-0.15, -0.1) is 23.1 Å². The van der Waals surface area contributed by atoms with E-state index in [0.717, 1.165) is 20.9 Å². The number of nitrogens with one attached hydrogen (secondary N) is 2. The van der Waals surface area contributed by atoms with Crippen molar-refractivity contribution in [2.24, 2.45) is 0 Å². The van der Waals surface area contributed by atoms with E-state index in [1.54, 1.807) is 42.2 Å². The third-order valence-electron chi connectivity index (χ3n) is 6.65. The van der Waals surface area contributed by atoms with Crippen molar-refractivity contribution < 1.29 is 28.3 Å². The first-order chi connectivity index (χ1) is 20.3. The van der Waals surface area contributed by atoms with Crippen molar-refractivity contribution in [3.05, 3.63) is 100 Å². The minimum absolute atomic E-state index is 0.0413. The van der Waals surface area contributed by atoms with Crippen molar-refractivity contribution in [3.8, 4) is 0 Å². The van der Waals surface area contributed by atoms with Gasteiger partial charge in [-0.2, -0.15) is 0 Å². The molecule has 1 aliphatic heterocycles. The number of hydrogen-bond acceptors (Lipinski definition) is 8. The van der Waals surface area contributed by atoms with Crippen LogP contribution in [-0.2, 0) is 27.3 Å². The summed E-state index contributed by atoms with van der Waals surface area (Å²) in [6.07, 6.45) is 1.93. The molecule has 2 aromatic carbocycles. The second-order valence-corrected chi connectivity index (χ2v) is 11.8. The van der Waals surface area contributed by atoms with Crippen molar-refractivity contribution in [2.75, 3.05) is 23.8 Å². The molecular weight excluding hydrogens is 574 g/mol. The number of anilines is 2. The van der Waals surface area contributed by atoms with Gasteiger partial charge in [0.15, 0.2) is 5.76 Å². The number of carbonyl (C=O) groups excluding carboxylic acids is 4. The lowest BCUT2D eigenvalue weighted by molar-refractivity contribution is -0.129. The molecule has 0 aliphatic carbocycles. The van der Waals surface area contributed by atoms with E-state index in [2.05, 4.69) is 10.6 Å². The summed E-state index contributed by atoms with van der Waals surface area (Å²) < 4.78 is 10.5. The van der Waals surface area contributed by atoms with Crippen LogP contribution in [0.25, 0.3) is 0 Å². The van der Waals surface area contributed by atoms with Crippen LogP contribution in [0.2, 0.25) is 0 Å². The first-order valence-corrected chi connectivity index (χ1v) is 15.1. The molecular formula is C31H29N3O6S2. The maximum Gasteiger partial charge on any atom is 0.341 e. The van der Waals surface area contributed by atoms with Gasteiger partial charge in [0.25, 0.3) is 5.91 Å². The standard InChI is InChI=1S/C31H29N3O6S2/c1-3-39-31(38)26-23-14-15-34(19(2)35)18-25(23)42-30(26)33-29(37)27(20-9-5-4-6-10-20)41-22-12-7-11-21(17-22)32-28(36)24-13-8-16-40-24/h4-13,16-17,27H,3,14-15,18H2,1-2H3,(H,32,36)(H,33,37). The van der Waals surface area contributed by atoms with Gasteiger partial charge in [0.05, 0.1) is 25.0 Å². The smallest absolute Gasteiger partial charge is 0.341 e. The SMILES string of the molecule is CCOC(=O)c1c(NC(=O)C(Sc2cccc(NC(=O)c3ccco3)c2)c2ccccc2)sc2c1CCN(C(C)=O)C2. The quantitative estimate of drug-likeness (QED) is 0.174. The van der Waals surface area contributed by atoms with Crippen LogP contribution < -0.4 is 10.6 Å². The second-order valence-electron chi connectivity index (χ2n) is 9.48. The number of thioether (sulfide) groups is 1. The van der Waals surface area contributed by atoms with Crippen molar-refractivity contribution in [1.29, 1.82) is 0 Å². The second kappa shape index (κ2) is 13.1. The molecule has 3 amide bonds.